The average molecular weight is 1510 g/mol. The van der Waals surface area contributed by atoms with E-state index in [0.29, 0.717) is 34.9 Å². The molecule has 118 heavy (non-hydrogen) atoms. The van der Waals surface area contributed by atoms with Crippen LogP contribution in [0.25, 0.3) is 212 Å². The summed E-state index contributed by atoms with van der Waals surface area (Å²) in [6.45, 7) is 0. The molecule has 0 N–H and O–H groups in total. The third-order valence-electron chi connectivity index (χ3n) is 21.9. The Kier molecular flexibility index (Phi) is 19.3. The zero-order chi connectivity index (χ0) is 78.5. The van der Waals surface area contributed by atoms with Crippen molar-refractivity contribution in [2.24, 2.45) is 0 Å². The Morgan fingerprint density at radius 2 is 0.322 bits per heavy atom. The fourth-order valence-electron chi connectivity index (χ4n) is 16.1. The van der Waals surface area contributed by atoms with Crippen LogP contribution in [0.1, 0.15) is 0 Å². The Labute approximate surface area is 684 Å². The monoisotopic (exact) mass is 1500 g/mol. The molecule has 0 bridgehead atoms. The highest BCUT2D eigenvalue weighted by Crippen LogP contribution is 2.45. The molecule has 0 atom stereocenters. The van der Waals surface area contributed by atoms with E-state index in [1.807, 2.05) is 48.5 Å². The van der Waals surface area contributed by atoms with Crippen LogP contribution >= 0.6 is 0 Å². The van der Waals surface area contributed by atoms with Crippen molar-refractivity contribution in [3.63, 3.8) is 0 Å². The van der Waals surface area contributed by atoms with E-state index in [9.17, 15) is 0 Å². The maximum Gasteiger partial charge on any atom is 0.164 e. The number of fused-ring (bicyclic) bond motifs is 6. The van der Waals surface area contributed by atoms with Crippen LogP contribution in [0.5, 0.6) is 0 Å². The van der Waals surface area contributed by atoms with Crippen LogP contribution in [0.3, 0.4) is 0 Å². The van der Waals surface area contributed by atoms with Crippen LogP contribution in [0.2, 0.25) is 0 Å². The van der Waals surface area contributed by atoms with Crippen LogP contribution in [0, 0.1) is 0 Å². The molecule has 4 aromatic heterocycles. The Morgan fingerprint density at radius 1 is 0.119 bits per heavy atom. The van der Waals surface area contributed by atoms with E-state index in [0.717, 1.165) is 144 Å². The summed E-state index contributed by atoms with van der Waals surface area (Å²) in [5.41, 5.74) is 27.2. The first-order chi connectivity index (χ1) is 58.5. The smallest absolute Gasteiger partial charge is 0.164 e. The average Bonchev–Trinajstić information content (AvgIpc) is 0.739. The summed E-state index contributed by atoms with van der Waals surface area (Å²) >= 11 is 0. The number of pyridine rings is 2. The number of hydrogen-bond acceptors (Lipinski definition) is 8. The minimum Gasteiger partial charge on any atom is -0.246 e. The maximum absolute atomic E-state index is 5.48. The molecule has 552 valence electrons. The number of nitrogens with zero attached hydrogens (tertiary/aromatic N) is 8. The molecule has 0 unspecified atom stereocenters. The summed E-state index contributed by atoms with van der Waals surface area (Å²) in [6.07, 6.45) is 0. The van der Waals surface area contributed by atoms with E-state index in [1.54, 1.807) is 0 Å². The quantitative estimate of drug-likeness (QED) is 0.0935. The lowest BCUT2D eigenvalue weighted by Crippen LogP contribution is -2.00. The normalized spacial score (nSPS) is 11.2. The van der Waals surface area contributed by atoms with E-state index in [1.165, 1.54) is 33.0 Å². The Hall–Kier alpha value is -15.9. The van der Waals surface area contributed by atoms with Crippen LogP contribution in [-0.2, 0) is 0 Å². The molecule has 4 heterocycles. The molecule has 0 aliphatic rings. The second kappa shape index (κ2) is 31.9. The largest absolute Gasteiger partial charge is 0.246 e. The number of para-hydroxylation sites is 2. The standard InChI is InChI=1S/C58H38N4.C52H34N4/c1-5-17-39(18-6-1)45-25-13-27-47(37-45)57-60-56(61-58(62-57)48-28-14-26-46(38-48)40-19-7-2-8-20-40)44-35-33-42(34-36-44)50-30-16-32-52-53-49(41-21-9-3-10-22-41)29-15-31-51(53)54(59-55(50)52)43-23-11-4-12-24-43;1-5-16-35(17-6-1)41-24-13-25-42(34-41)52-55-50(39-22-11-4-12-23-39)54-51(56-52)40-32-30-37(31-33-40)44-27-15-29-46-47-43(36-18-7-2-8-19-36)26-14-28-45(47)48(53-49(44)46)38-20-9-3-10-21-38/h1-38H;1-34H. The lowest BCUT2D eigenvalue weighted by atomic mass is 9.91. The van der Waals surface area contributed by atoms with Gasteiger partial charge in [0.25, 0.3) is 0 Å². The predicted octanol–water partition coefficient (Wildman–Crippen LogP) is 28.2. The molecule has 0 saturated heterocycles. The fraction of sp³-hybridized carbons (Fsp3) is 0. The topological polar surface area (TPSA) is 103 Å². The number of hydrogen-bond donors (Lipinski definition) is 0. The molecule has 21 rings (SSSR count). The van der Waals surface area contributed by atoms with Gasteiger partial charge in [0.1, 0.15) is 0 Å². The summed E-state index contributed by atoms with van der Waals surface area (Å²) in [5, 5.41) is 6.88. The third kappa shape index (κ3) is 14.3. The highest BCUT2D eigenvalue weighted by atomic mass is 15.0. The molecular formula is C110H72N8. The van der Waals surface area contributed by atoms with E-state index in [2.05, 4.69) is 388 Å². The van der Waals surface area contributed by atoms with Gasteiger partial charge in [-0.1, -0.05) is 419 Å². The summed E-state index contributed by atoms with van der Waals surface area (Å²) < 4.78 is 0. The van der Waals surface area contributed by atoms with Crippen LogP contribution in [-0.4, -0.2) is 39.9 Å². The molecular weight excluding hydrogens is 1430 g/mol. The molecule has 0 radical (unpaired) electrons. The lowest BCUT2D eigenvalue weighted by molar-refractivity contribution is 1.07. The first kappa shape index (κ1) is 71.2. The van der Waals surface area contributed by atoms with E-state index in [-0.39, 0.29) is 0 Å². The van der Waals surface area contributed by atoms with Gasteiger partial charge in [-0.25, -0.2) is 39.9 Å². The van der Waals surface area contributed by atoms with E-state index >= 15 is 0 Å². The maximum atomic E-state index is 5.48. The predicted molar refractivity (Wildman–Crippen MR) is 487 cm³/mol. The first-order valence-electron chi connectivity index (χ1n) is 39.7. The van der Waals surface area contributed by atoms with Crippen molar-refractivity contribution in [3.8, 4) is 169 Å². The highest BCUT2D eigenvalue weighted by Gasteiger charge is 2.23. The zero-order valence-corrected chi connectivity index (χ0v) is 64.1. The van der Waals surface area contributed by atoms with Crippen molar-refractivity contribution < 1.29 is 0 Å². The summed E-state index contributed by atoms with van der Waals surface area (Å²) in [7, 11) is 0. The Bertz CT molecular complexity index is 7120. The first-order valence-corrected chi connectivity index (χ1v) is 39.7. The van der Waals surface area contributed by atoms with Crippen LogP contribution in [0.15, 0.2) is 437 Å². The molecule has 17 aromatic carbocycles. The van der Waals surface area contributed by atoms with Gasteiger partial charge in [-0.15, -0.1) is 0 Å². The molecule has 0 spiro atoms. The van der Waals surface area contributed by atoms with Crippen molar-refractivity contribution in [1.29, 1.82) is 0 Å². The summed E-state index contributed by atoms with van der Waals surface area (Å²) in [5.74, 6) is 3.71. The van der Waals surface area contributed by atoms with E-state index < -0.39 is 0 Å². The molecule has 0 saturated carbocycles. The molecule has 0 aliphatic carbocycles. The number of aromatic nitrogens is 8. The Morgan fingerprint density at radius 3 is 0.627 bits per heavy atom. The van der Waals surface area contributed by atoms with Gasteiger partial charge < -0.3 is 0 Å². The molecule has 0 aliphatic heterocycles. The minimum absolute atomic E-state index is 0.604. The van der Waals surface area contributed by atoms with Crippen molar-refractivity contribution in [2.75, 3.05) is 0 Å². The second-order valence-electron chi connectivity index (χ2n) is 29.2. The van der Waals surface area contributed by atoms with Crippen LogP contribution in [0.4, 0.5) is 0 Å². The van der Waals surface area contributed by atoms with Gasteiger partial charge in [0.05, 0.1) is 22.4 Å². The van der Waals surface area contributed by atoms with Gasteiger partial charge in [0.2, 0.25) is 0 Å². The van der Waals surface area contributed by atoms with Crippen LogP contribution < -0.4 is 0 Å². The van der Waals surface area contributed by atoms with Gasteiger partial charge in [-0.2, -0.15) is 0 Å². The van der Waals surface area contributed by atoms with Gasteiger partial charge in [0, 0.05) is 88.0 Å². The fourth-order valence-corrected chi connectivity index (χ4v) is 16.1. The molecule has 21 aromatic rings. The van der Waals surface area contributed by atoms with Crippen molar-refractivity contribution in [1.82, 2.24) is 39.9 Å². The Balaban J connectivity index is 0.000000152. The van der Waals surface area contributed by atoms with Crippen molar-refractivity contribution in [2.45, 2.75) is 0 Å². The zero-order valence-electron chi connectivity index (χ0n) is 64.1. The molecule has 0 amide bonds. The number of benzene rings is 17. The minimum atomic E-state index is 0.604. The van der Waals surface area contributed by atoms with Gasteiger partial charge >= 0.3 is 0 Å². The lowest BCUT2D eigenvalue weighted by Gasteiger charge is -2.16. The highest BCUT2D eigenvalue weighted by molar-refractivity contribution is 6.21. The summed E-state index contributed by atoms with van der Waals surface area (Å²) in [6, 6.07) is 152. The number of rotatable bonds is 15. The van der Waals surface area contributed by atoms with Crippen molar-refractivity contribution >= 4 is 43.4 Å². The SMILES string of the molecule is c1ccc(-c2cccc(-c3nc(-c4ccc(-c5cccc6c5nc(-c5ccccc5)c5cccc(-c7ccccc7)c56)cc4)nc(-c4cccc(-c5ccccc5)c4)n3)c2)cc1.c1ccc(-c2cccc(-c3nc(-c4ccccc4)nc(-c4ccc(-c5cccc6c5nc(-c5ccccc5)c5cccc(-c7ccccc7)c56)cc4)n3)c2)cc1. The third-order valence-corrected chi connectivity index (χ3v) is 21.9. The van der Waals surface area contributed by atoms with Crippen molar-refractivity contribution in [3.05, 3.63) is 437 Å². The van der Waals surface area contributed by atoms with Gasteiger partial charge in [-0.3, -0.25) is 0 Å². The molecule has 8 nitrogen and oxygen atoms in total. The molecule has 0 fully saturated rings. The second-order valence-corrected chi connectivity index (χ2v) is 29.2. The van der Waals surface area contributed by atoms with E-state index in [4.69, 9.17) is 39.9 Å². The molecule has 8 heteroatoms. The summed E-state index contributed by atoms with van der Waals surface area (Å²) in [4.78, 5) is 41.4. The van der Waals surface area contributed by atoms with Gasteiger partial charge in [0.15, 0.2) is 34.9 Å². The van der Waals surface area contributed by atoms with Gasteiger partial charge in [-0.05, 0) is 85.0 Å².